The highest BCUT2D eigenvalue weighted by atomic mass is 127. The van der Waals surface area contributed by atoms with Gasteiger partial charge in [0, 0.05) is 45.1 Å². The van der Waals surface area contributed by atoms with Crippen LogP contribution in [0.4, 0.5) is 0 Å². The number of nitrogens with one attached hydrogen (secondary N) is 1. The number of rotatable bonds is 6. The first kappa shape index (κ1) is 22.0. The minimum absolute atomic E-state index is 0. The van der Waals surface area contributed by atoms with Gasteiger partial charge in [0.05, 0.1) is 31.8 Å². The summed E-state index contributed by atoms with van der Waals surface area (Å²) in [7, 11) is 0. The lowest BCUT2D eigenvalue weighted by Gasteiger charge is -2.36. The van der Waals surface area contributed by atoms with E-state index in [0.717, 1.165) is 51.8 Å². The zero-order chi connectivity index (χ0) is 19.2. The average Bonchev–Trinajstić information content (AvgIpc) is 3.38. The molecule has 3 heterocycles. The number of halogens is 1. The molecular formula is C21H31IN6O. The third kappa shape index (κ3) is 5.70. The van der Waals surface area contributed by atoms with E-state index in [1.54, 1.807) is 6.20 Å². The van der Waals surface area contributed by atoms with Crippen molar-refractivity contribution in [3.05, 3.63) is 54.4 Å². The Hall–Kier alpha value is -1.65. The number of morpholine rings is 1. The normalized spacial score (nSPS) is 22.2. The largest absolute Gasteiger partial charge is 0.373 e. The van der Waals surface area contributed by atoms with Gasteiger partial charge in [-0.1, -0.05) is 30.3 Å². The van der Waals surface area contributed by atoms with Gasteiger partial charge in [-0.15, -0.1) is 24.0 Å². The van der Waals surface area contributed by atoms with Crippen LogP contribution in [0.15, 0.2) is 53.8 Å². The quantitative estimate of drug-likeness (QED) is 0.367. The summed E-state index contributed by atoms with van der Waals surface area (Å²) in [5, 5.41) is 7.70. The summed E-state index contributed by atoms with van der Waals surface area (Å²) in [5.41, 5.74) is 1.36. The Morgan fingerprint density at radius 1 is 1.24 bits per heavy atom. The number of likely N-dealkylation sites (tertiary alicyclic amines) is 1. The van der Waals surface area contributed by atoms with E-state index in [0.29, 0.717) is 12.6 Å². The van der Waals surface area contributed by atoms with E-state index >= 15 is 0 Å². The molecule has 2 aliphatic rings. The van der Waals surface area contributed by atoms with Gasteiger partial charge in [0.25, 0.3) is 0 Å². The number of nitrogens with zero attached hydrogens (tertiary/aromatic N) is 5. The van der Waals surface area contributed by atoms with Crippen molar-refractivity contribution in [2.24, 2.45) is 4.99 Å². The van der Waals surface area contributed by atoms with E-state index in [1.807, 2.05) is 16.9 Å². The Bertz CT molecular complexity index is 754. The second-order valence-corrected chi connectivity index (χ2v) is 7.34. The van der Waals surface area contributed by atoms with Crippen molar-refractivity contribution in [1.29, 1.82) is 0 Å². The molecule has 0 aliphatic carbocycles. The monoisotopic (exact) mass is 510 g/mol. The first-order chi connectivity index (χ1) is 13.8. The summed E-state index contributed by atoms with van der Waals surface area (Å²) >= 11 is 0. The van der Waals surface area contributed by atoms with Gasteiger partial charge in [-0.3, -0.25) is 14.6 Å². The molecule has 0 amide bonds. The lowest BCUT2D eigenvalue weighted by Crippen LogP contribution is -2.50. The molecule has 158 valence electrons. The zero-order valence-corrected chi connectivity index (χ0v) is 19.3. The molecular weight excluding hydrogens is 479 g/mol. The molecule has 8 heteroatoms. The van der Waals surface area contributed by atoms with Crippen molar-refractivity contribution in [2.75, 3.05) is 39.3 Å². The van der Waals surface area contributed by atoms with Gasteiger partial charge in [0.15, 0.2) is 5.96 Å². The van der Waals surface area contributed by atoms with Crippen molar-refractivity contribution < 1.29 is 4.74 Å². The lowest BCUT2D eigenvalue weighted by molar-refractivity contribution is -0.0502. The molecule has 1 aromatic carbocycles. The van der Waals surface area contributed by atoms with Gasteiger partial charge >= 0.3 is 0 Å². The minimum atomic E-state index is 0. The van der Waals surface area contributed by atoms with Crippen molar-refractivity contribution in [1.82, 2.24) is 24.9 Å². The Morgan fingerprint density at radius 3 is 2.86 bits per heavy atom. The van der Waals surface area contributed by atoms with Crippen molar-refractivity contribution >= 4 is 29.9 Å². The fraction of sp³-hybridized carbons (Fsp3) is 0.524. The molecule has 0 saturated carbocycles. The topological polar surface area (TPSA) is 57.9 Å². The fourth-order valence-electron chi connectivity index (χ4n) is 4.06. The van der Waals surface area contributed by atoms with Gasteiger partial charge < -0.3 is 15.0 Å². The van der Waals surface area contributed by atoms with E-state index in [9.17, 15) is 0 Å². The Morgan fingerprint density at radius 2 is 2.10 bits per heavy atom. The molecule has 2 aromatic rings. The molecule has 2 unspecified atom stereocenters. The number of hydrogen-bond acceptors (Lipinski definition) is 4. The highest BCUT2D eigenvalue weighted by Gasteiger charge is 2.41. The molecule has 4 rings (SSSR count). The van der Waals surface area contributed by atoms with Crippen LogP contribution in [0, 0.1) is 0 Å². The summed E-state index contributed by atoms with van der Waals surface area (Å²) in [4.78, 5) is 9.75. The lowest BCUT2D eigenvalue weighted by atomic mass is 10.1. The van der Waals surface area contributed by atoms with Gasteiger partial charge in [-0.05, 0) is 18.6 Å². The highest BCUT2D eigenvalue weighted by Crippen LogP contribution is 2.24. The van der Waals surface area contributed by atoms with Crippen LogP contribution in [0.2, 0.25) is 0 Å². The maximum atomic E-state index is 6.11. The van der Waals surface area contributed by atoms with Crippen LogP contribution < -0.4 is 5.32 Å². The summed E-state index contributed by atoms with van der Waals surface area (Å²) in [6.45, 7) is 9.08. The molecule has 1 N–H and O–H groups in total. The molecule has 0 bridgehead atoms. The van der Waals surface area contributed by atoms with E-state index in [4.69, 9.17) is 9.73 Å². The number of hydrogen-bond donors (Lipinski definition) is 1. The highest BCUT2D eigenvalue weighted by molar-refractivity contribution is 14.0. The second kappa shape index (κ2) is 10.9. The Balaban J connectivity index is 0.00000240. The minimum Gasteiger partial charge on any atom is -0.373 e. The predicted molar refractivity (Wildman–Crippen MR) is 126 cm³/mol. The second-order valence-electron chi connectivity index (χ2n) is 7.34. The van der Waals surface area contributed by atoms with Gasteiger partial charge in [0.2, 0.25) is 0 Å². The van der Waals surface area contributed by atoms with Gasteiger partial charge in [0.1, 0.15) is 0 Å². The molecule has 2 atom stereocenters. The van der Waals surface area contributed by atoms with Crippen LogP contribution in [0.25, 0.3) is 0 Å². The summed E-state index contributed by atoms with van der Waals surface area (Å²) in [6, 6.07) is 13.1. The van der Waals surface area contributed by atoms with E-state index < -0.39 is 0 Å². The molecule has 1 aromatic heterocycles. The van der Waals surface area contributed by atoms with Crippen LogP contribution >= 0.6 is 24.0 Å². The van der Waals surface area contributed by atoms with Crippen LogP contribution in [0.5, 0.6) is 0 Å². The SMILES string of the molecule is CCNC(=NCCn1cccn1)N1CC2OCCN(Cc3ccccc3)C2C1.I. The van der Waals surface area contributed by atoms with Crippen LogP contribution in [-0.4, -0.2) is 77.0 Å². The smallest absolute Gasteiger partial charge is 0.194 e. The number of fused-ring (bicyclic) bond motifs is 1. The molecule has 7 nitrogen and oxygen atoms in total. The molecule has 0 spiro atoms. The van der Waals surface area contributed by atoms with Crippen LogP contribution in [0.1, 0.15) is 12.5 Å². The number of aliphatic imine (C=N–C) groups is 1. The first-order valence-electron chi connectivity index (χ1n) is 10.2. The third-order valence-corrected chi connectivity index (χ3v) is 5.43. The maximum Gasteiger partial charge on any atom is 0.194 e. The van der Waals surface area contributed by atoms with Gasteiger partial charge in [-0.2, -0.15) is 5.10 Å². The van der Waals surface area contributed by atoms with Gasteiger partial charge in [-0.25, -0.2) is 0 Å². The standard InChI is InChI=1S/C21H30N6O.HI/c1-2-22-21(23-10-12-27-11-6-9-24-27)26-16-19-20(17-26)28-14-13-25(19)15-18-7-4-3-5-8-18;/h3-9,11,19-20H,2,10,12-17H2,1H3,(H,22,23);1H. The van der Waals surface area contributed by atoms with E-state index in [2.05, 4.69) is 57.5 Å². The van der Waals surface area contributed by atoms with Crippen LogP contribution in [-0.2, 0) is 17.8 Å². The zero-order valence-electron chi connectivity index (χ0n) is 17.0. The van der Waals surface area contributed by atoms with Crippen molar-refractivity contribution in [2.45, 2.75) is 32.2 Å². The Kier molecular flexibility index (Phi) is 8.31. The summed E-state index contributed by atoms with van der Waals surface area (Å²) < 4.78 is 8.03. The van der Waals surface area contributed by atoms with Crippen molar-refractivity contribution in [3.8, 4) is 0 Å². The molecule has 2 fully saturated rings. The molecule has 29 heavy (non-hydrogen) atoms. The fourth-order valence-corrected chi connectivity index (χ4v) is 4.06. The molecule has 2 saturated heterocycles. The Labute approximate surface area is 190 Å². The predicted octanol–water partition coefficient (Wildman–Crippen LogP) is 2.05. The molecule has 0 radical (unpaired) electrons. The maximum absolute atomic E-state index is 6.11. The number of ether oxygens (including phenoxy) is 1. The van der Waals surface area contributed by atoms with E-state index in [-0.39, 0.29) is 30.1 Å². The molecule has 2 aliphatic heterocycles. The summed E-state index contributed by atoms with van der Waals surface area (Å²) in [5.74, 6) is 0.979. The number of benzene rings is 1. The summed E-state index contributed by atoms with van der Waals surface area (Å²) in [6.07, 6.45) is 4.02. The van der Waals surface area contributed by atoms with E-state index in [1.165, 1.54) is 5.56 Å². The van der Waals surface area contributed by atoms with Crippen LogP contribution in [0.3, 0.4) is 0 Å². The van der Waals surface area contributed by atoms with Crippen molar-refractivity contribution in [3.63, 3.8) is 0 Å². The number of guanidine groups is 1. The average molecular weight is 510 g/mol. The third-order valence-electron chi connectivity index (χ3n) is 5.43. The number of aromatic nitrogens is 2. The first-order valence-corrected chi connectivity index (χ1v) is 10.2.